The SMILES string of the molecule is CCCCCCCCCCSc1nc2c(c(=O)[nH]c(=O)n2C)n1CCc1ccccc1. The molecule has 0 radical (unpaired) electrons. The molecule has 2 heterocycles. The number of unbranched alkanes of at least 4 members (excludes halogenated alkanes) is 7. The number of aromatic nitrogens is 4. The molecular weight excluding hydrogens is 408 g/mol. The molecule has 2 aromatic heterocycles. The Morgan fingerprint density at radius 1 is 0.968 bits per heavy atom. The third kappa shape index (κ3) is 6.35. The fourth-order valence-corrected chi connectivity index (χ4v) is 4.84. The van der Waals surface area contributed by atoms with Gasteiger partial charge in [0.25, 0.3) is 5.56 Å². The van der Waals surface area contributed by atoms with Crippen LogP contribution in [-0.2, 0) is 20.0 Å². The normalized spacial score (nSPS) is 11.4. The molecule has 31 heavy (non-hydrogen) atoms. The molecule has 0 fully saturated rings. The Bertz CT molecular complexity index is 1070. The molecule has 0 aliphatic carbocycles. The van der Waals surface area contributed by atoms with Crippen molar-refractivity contribution in [2.45, 2.75) is 76.4 Å². The van der Waals surface area contributed by atoms with Crippen LogP contribution < -0.4 is 11.2 Å². The highest BCUT2D eigenvalue weighted by Gasteiger charge is 2.17. The molecule has 0 aliphatic heterocycles. The second-order valence-corrected chi connectivity index (χ2v) is 9.16. The maximum atomic E-state index is 12.6. The lowest BCUT2D eigenvalue weighted by molar-refractivity contribution is 0.586. The molecule has 0 aliphatic rings. The van der Waals surface area contributed by atoms with Gasteiger partial charge in [0.05, 0.1) is 0 Å². The quantitative estimate of drug-likeness (QED) is 0.302. The van der Waals surface area contributed by atoms with E-state index in [-0.39, 0.29) is 5.56 Å². The van der Waals surface area contributed by atoms with Gasteiger partial charge in [-0.15, -0.1) is 0 Å². The first kappa shape index (κ1) is 23.4. The van der Waals surface area contributed by atoms with Crippen LogP contribution in [0.3, 0.4) is 0 Å². The van der Waals surface area contributed by atoms with Crippen LogP contribution in [-0.4, -0.2) is 24.9 Å². The van der Waals surface area contributed by atoms with Crippen molar-refractivity contribution in [3.8, 4) is 0 Å². The number of benzene rings is 1. The highest BCUT2D eigenvalue weighted by Crippen LogP contribution is 2.23. The summed E-state index contributed by atoms with van der Waals surface area (Å²) in [5.41, 5.74) is 1.36. The predicted molar refractivity (Wildman–Crippen MR) is 129 cm³/mol. The molecule has 0 unspecified atom stereocenters. The van der Waals surface area contributed by atoms with Crippen LogP contribution in [0.4, 0.5) is 0 Å². The number of aromatic amines is 1. The molecule has 3 rings (SSSR count). The van der Waals surface area contributed by atoms with E-state index in [1.807, 2.05) is 22.8 Å². The van der Waals surface area contributed by atoms with E-state index in [1.54, 1.807) is 18.8 Å². The molecule has 0 saturated carbocycles. The van der Waals surface area contributed by atoms with Crippen molar-refractivity contribution < 1.29 is 0 Å². The Labute approximate surface area is 188 Å². The van der Waals surface area contributed by atoms with Crippen LogP contribution in [0.5, 0.6) is 0 Å². The number of fused-ring (bicyclic) bond motifs is 1. The molecule has 1 aromatic carbocycles. The van der Waals surface area contributed by atoms with Crippen molar-refractivity contribution in [2.75, 3.05) is 5.75 Å². The van der Waals surface area contributed by atoms with Gasteiger partial charge in [-0.05, 0) is 18.4 Å². The van der Waals surface area contributed by atoms with Gasteiger partial charge in [0.15, 0.2) is 16.3 Å². The van der Waals surface area contributed by atoms with Crippen LogP contribution in [0.25, 0.3) is 11.2 Å². The Morgan fingerprint density at radius 3 is 2.35 bits per heavy atom. The first-order chi connectivity index (χ1) is 15.1. The number of rotatable bonds is 13. The second-order valence-electron chi connectivity index (χ2n) is 8.10. The van der Waals surface area contributed by atoms with E-state index in [9.17, 15) is 9.59 Å². The molecule has 0 saturated heterocycles. The number of nitrogens with zero attached hydrogens (tertiary/aromatic N) is 3. The van der Waals surface area contributed by atoms with Crippen LogP contribution in [0.1, 0.15) is 63.9 Å². The summed E-state index contributed by atoms with van der Waals surface area (Å²) < 4.78 is 3.41. The van der Waals surface area contributed by atoms with Gasteiger partial charge in [0.1, 0.15) is 0 Å². The number of hydrogen-bond donors (Lipinski definition) is 1. The van der Waals surface area contributed by atoms with E-state index in [1.165, 1.54) is 55.1 Å². The highest BCUT2D eigenvalue weighted by atomic mass is 32.2. The lowest BCUT2D eigenvalue weighted by Gasteiger charge is -2.09. The summed E-state index contributed by atoms with van der Waals surface area (Å²) in [5.74, 6) is 0.968. The minimum absolute atomic E-state index is 0.363. The average Bonchev–Trinajstić information content (AvgIpc) is 3.15. The third-order valence-electron chi connectivity index (χ3n) is 5.67. The Hall–Kier alpha value is -2.28. The maximum Gasteiger partial charge on any atom is 0.329 e. The van der Waals surface area contributed by atoms with E-state index in [0.29, 0.717) is 17.7 Å². The fourth-order valence-electron chi connectivity index (χ4n) is 3.82. The van der Waals surface area contributed by atoms with Gasteiger partial charge in [0.2, 0.25) is 0 Å². The van der Waals surface area contributed by atoms with Crippen molar-refractivity contribution in [1.29, 1.82) is 0 Å². The summed E-state index contributed by atoms with van der Waals surface area (Å²) in [4.78, 5) is 31.7. The topological polar surface area (TPSA) is 72.7 Å². The number of imidazole rings is 1. The predicted octanol–water partition coefficient (Wildman–Crippen LogP) is 4.90. The largest absolute Gasteiger partial charge is 0.329 e. The van der Waals surface area contributed by atoms with Gasteiger partial charge in [-0.25, -0.2) is 9.78 Å². The second kappa shape index (κ2) is 11.9. The molecule has 7 heteroatoms. The first-order valence-corrected chi connectivity index (χ1v) is 12.5. The van der Waals surface area contributed by atoms with Gasteiger partial charge >= 0.3 is 5.69 Å². The molecular formula is C24H34N4O2S. The Kier molecular flexibility index (Phi) is 9.00. The van der Waals surface area contributed by atoms with Crippen LogP contribution in [0.15, 0.2) is 45.1 Å². The van der Waals surface area contributed by atoms with E-state index in [2.05, 4.69) is 29.0 Å². The lowest BCUT2D eigenvalue weighted by atomic mass is 10.1. The monoisotopic (exact) mass is 442 g/mol. The minimum atomic E-state index is -0.426. The van der Waals surface area contributed by atoms with Crippen LogP contribution in [0, 0.1) is 0 Å². The van der Waals surface area contributed by atoms with Crippen molar-refractivity contribution in [3.63, 3.8) is 0 Å². The first-order valence-electron chi connectivity index (χ1n) is 11.5. The van der Waals surface area contributed by atoms with E-state index < -0.39 is 5.69 Å². The van der Waals surface area contributed by atoms with Crippen LogP contribution in [0.2, 0.25) is 0 Å². The smallest absolute Gasteiger partial charge is 0.313 e. The molecule has 3 aromatic rings. The number of nitrogens with one attached hydrogen (secondary N) is 1. The highest BCUT2D eigenvalue weighted by molar-refractivity contribution is 7.99. The maximum absolute atomic E-state index is 12.6. The lowest BCUT2D eigenvalue weighted by Crippen LogP contribution is -2.29. The van der Waals surface area contributed by atoms with Crippen molar-refractivity contribution in [3.05, 3.63) is 56.7 Å². The summed E-state index contributed by atoms with van der Waals surface area (Å²) >= 11 is 1.69. The summed E-state index contributed by atoms with van der Waals surface area (Å²) in [5, 5.41) is 0.820. The molecule has 0 bridgehead atoms. The number of thioether (sulfide) groups is 1. The zero-order valence-electron chi connectivity index (χ0n) is 18.7. The Balaban J connectivity index is 1.67. The summed E-state index contributed by atoms with van der Waals surface area (Å²) in [6.45, 7) is 2.90. The van der Waals surface area contributed by atoms with Gasteiger partial charge in [0, 0.05) is 19.3 Å². The molecule has 0 spiro atoms. The number of hydrogen-bond acceptors (Lipinski definition) is 4. The summed E-state index contributed by atoms with van der Waals surface area (Å²) in [6, 6.07) is 10.2. The number of aryl methyl sites for hydroxylation is 3. The zero-order chi connectivity index (χ0) is 22.1. The van der Waals surface area contributed by atoms with E-state index >= 15 is 0 Å². The summed E-state index contributed by atoms with van der Waals surface area (Å²) in [7, 11) is 1.65. The molecule has 0 atom stereocenters. The molecule has 6 nitrogen and oxygen atoms in total. The summed E-state index contributed by atoms with van der Waals surface area (Å²) in [6.07, 6.45) is 11.1. The van der Waals surface area contributed by atoms with E-state index in [4.69, 9.17) is 0 Å². The zero-order valence-corrected chi connectivity index (χ0v) is 19.5. The van der Waals surface area contributed by atoms with Crippen molar-refractivity contribution in [1.82, 2.24) is 19.1 Å². The minimum Gasteiger partial charge on any atom is -0.313 e. The van der Waals surface area contributed by atoms with Gasteiger partial charge in [-0.1, -0.05) is 94.0 Å². The van der Waals surface area contributed by atoms with Crippen molar-refractivity contribution >= 4 is 22.9 Å². The van der Waals surface area contributed by atoms with Gasteiger partial charge in [-0.3, -0.25) is 14.3 Å². The van der Waals surface area contributed by atoms with E-state index in [0.717, 1.165) is 23.8 Å². The third-order valence-corrected chi connectivity index (χ3v) is 6.73. The number of H-pyrrole nitrogens is 1. The fraction of sp³-hybridized carbons (Fsp3) is 0.542. The average molecular weight is 443 g/mol. The van der Waals surface area contributed by atoms with Gasteiger partial charge < -0.3 is 4.57 Å². The molecule has 168 valence electrons. The van der Waals surface area contributed by atoms with Crippen molar-refractivity contribution in [2.24, 2.45) is 7.05 Å². The van der Waals surface area contributed by atoms with Gasteiger partial charge in [-0.2, -0.15) is 0 Å². The standard InChI is InChI=1S/C24H34N4O2S/c1-3-4-5-6-7-8-9-13-18-31-24-25-21-20(22(29)26-23(30)27(21)2)28(24)17-16-19-14-11-10-12-15-19/h10-12,14-15H,3-9,13,16-18H2,1-2H3,(H,26,29,30). The molecule has 0 amide bonds. The molecule has 1 N–H and O–H groups in total. The Morgan fingerprint density at radius 2 is 1.65 bits per heavy atom. The van der Waals surface area contributed by atoms with Crippen LogP contribution >= 0.6 is 11.8 Å².